The lowest BCUT2D eigenvalue weighted by molar-refractivity contribution is -0.126. The molecule has 1 aromatic heterocycles. The zero-order valence-electron chi connectivity index (χ0n) is 12.5. The maximum atomic E-state index is 12.5. The van der Waals surface area contributed by atoms with Crippen molar-refractivity contribution in [2.75, 3.05) is 11.4 Å². The van der Waals surface area contributed by atoms with Gasteiger partial charge in [-0.2, -0.15) is 0 Å². The second kappa shape index (κ2) is 5.93. The molecular weight excluding hydrogens is 298 g/mol. The van der Waals surface area contributed by atoms with E-state index in [-0.39, 0.29) is 5.91 Å². The van der Waals surface area contributed by atoms with E-state index in [2.05, 4.69) is 0 Å². The van der Waals surface area contributed by atoms with Crippen molar-refractivity contribution in [2.24, 2.45) is 0 Å². The molecule has 1 aliphatic heterocycles. The van der Waals surface area contributed by atoms with Gasteiger partial charge in [-0.3, -0.25) is 4.79 Å². The van der Waals surface area contributed by atoms with Gasteiger partial charge in [0.2, 0.25) is 0 Å². The number of carbonyl (C=O) groups is 2. The third-order valence-electron chi connectivity index (χ3n) is 3.73. The van der Waals surface area contributed by atoms with Gasteiger partial charge in [-0.05, 0) is 44.0 Å². The first-order chi connectivity index (χ1) is 10.6. The summed E-state index contributed by atoms with van der Waals surface area (Å²) >= 11 is 1.37. The number of carbonyl (C=O) groups excluding carboxylic acids is 2. The number of benzene rings is 1. The fraction of sp³-hybridized carbons (Fsp3) is 0.294. The van der Waals surface area contributed by atoms with Gasteiger partial charge in [0.05, 0.1) is 0 Å². The molecule has 1 aliphatic rings. The molecule has 0 aliphatic carbocycles. The number of para-hydroxylation sites is 1. The number of fused-ring (bicyclic) bond motifs is 1. The van der Waals surface area contributed by atoms with E-state index in [0.29, 0.717) is 11.4 Å². The molecule has 22 heavy (non-hydrogen) atoms. The second-order valence-corrected chi connectivity index (χ2v) is 6.61. The molecule has 0 bridgehead atoms. The first kappa shape index (κ1) is 14.8. The van der Waals surface area contributed by atoms with Crippen molar-refractivity contribution < 1.29 is 14.3 Å². The van der Waals surface area contributed by atoms with Crippen LogP contribution in [-0.2, 0) is 16.0 Å². The minimum absolute atomic E-state index is 0.174. The molecule has 3 rings (SSSR count). The summed E-state index contributed by atoms with van der Waals surface area (Å²) in [6.07, 6.45) is 0.0493. The summed E-state index contributed by atoms with van der Waals surface area (Å²) in [5.41, 5.74) is 2.07. The monoisotopic (exact) mass is 315 g/mol. The van der Waals surface area contributed by atoms with Crippen LogP contribution in [0.1, 0.15) is 27.0 Å². The number of hydrogen-bond donors (Lipinski definition) is 0. The Balaban J connectivity index is 1.69. The summed E-state index contributed by atoms with van der Waals surface area (Å²) in [5, 5.41) is 0. The predicted molar refractivity (Wildman–Crippen MR) is 86.4 cm³/mol. The standard InChI is InChI=1S/C17H17NO3S/c1-11-7-8-15(22-11)17(20)21-12(2)16(19)18-10-9-13-5-3-4-6-14(13)18/h3-8,12H,9-10H2,1-2H3. The number of rotatable bonds is 3. The van der Waals surface area contributed by atoms with Crippen LogP contribution in [0.2, 0.25) is 0 Å². The lowest BCUT2D eigenvalue weighted by atomic mass is 10.2. The molecule has 2 heterocycles. The van der Waals surface area contributed by atoms with Crippen LogP contribution in [0.5, 0.6) is 0 Å². The molecular formula is C17H17NO3S. The van der Waals surface area contributed by atoms with Gasteiger partial charge >= 0.3 is 5.97 Å². The molecule has 4 nitrogen and oxygen atoms in total. The van der Waals surface area contributed by atoms with E-state index in [9.17, 15) is 9.59 Å². The van der Waals surface area contributed by atoms with Crippen LogP contribution in [0.25, 0.3) is 0 Å². The maximum absolute atomic E-state index is 12.5. The van der Waals surface area contributed by atoms with Gasteiger partial charge in [0.25, 0.3) is 5.91 Å². The molecule has 0 radical (unpaired) electrons. The number of nitrogens with zero attached hydrogens (tertiary/aromatic N) is 1. The van der Waals surface area contributed by atoms with Crippen LogP contribution in [0, 0.1) is 6.92 Å². The molecule has 1 aromatic carbocycles. The minimum Gasteiger partial charge on any atom is -0.448 e. The lowest BCUT2D eigenvalue weighted by Crippen LogP contribution is -2.39. The Morgan fingerprint density at radius 1 is 1.23 bits per heavy atom. The quantitative estimate of drug-likeness (QED) is 0.817. The van der Waals surface area contributed by atoms with Crippen molar-refractivity contribution >= 4 is 28.9 Å². The van der Waals surface area contributed by atoms with Gasteiger partial charge in [-0.15, -0.1) is 11.3 Å². The fourth-order valence-electron chi connectivity index (χ4n) is 2.60. The lowest BCUT2D eigenvalue weighted by Gasteiger charge is -2.21. The topological polar surface area (TPSA) is 46.6 Å². The van der Waals surface area contributed by atoms with Crippen LogP contribution >= 0.6 is 11.3 Å². The predicted octanol–water partition coefficient (Wildman–Crippen LogP) is 3.19. The number of esters is 1. The first-order valence-electron chi connectivity index (χ1n) is 7.23. The number of amides is 1. The Morgan fingerprint density at radius 3 is 2.73 bits per heavy atom. The molecule has 0 saturated heterocycles. The molecule has 2 aromatic rings. The Labute approximate surface area is 133 Å². The molecule has 114 valence electrons. The third-order valence-corrected chi connectivity index (χ3v) is 4.71. The van der Waals surface area contributed by atoms with Gasteiger partial charge < -0.3 is 9.64 Å². The van der Waals surface area contributed by atoms with Crippen molar-refractivity contribution in [1.29, 1.82) is 0 Å². The second-order valence-electron chi connectivity index (χ2n) is 5.33. The van der Waals surface area contributed by atoms with E-state index >= 15 is 0 Å². The summed E-state index contributed by atoms with van der Waals surface area (Å²) in [4.78, 5) is 27.9. The highest BCUT2D eigenvalue weighted by Gasteiger charge is 2.30. The number of ether oxygens (including phenoxy) is 1. The molecule has 1 unspecified atom stereocenters. The maximum Gasteiger partial charge on any atom is 0.349 e. The van der Waals surface area contributed by atoms with Crippen molar-refractivity contribution in [1.82, 2.24) is 0 Å². The fourth-order valence-corrected chi connectivity index (χ4v) is 3.35. The van der Waals surface area contributed by atoms with Gasteiger partial charge in [0.1, 0.15) is 4.88 Å². The molecule has 5 heteroatoms. The van der Waals surface area contributed by atoms with E-state index < -0.39 is 12.1 Å². The summed E-state index contributed by atoms with van der Waals surface area (Å²) in [6.45, 7) is 4.19. The Kier molecular flexibility index (Phi) is 3.98. The van der Waals surface area contributed by atoms with Gasteiger partial charge in [0, 0.05) is 17.1 Å². The van der Waals surface area contributed by atoms with Gasteiger partial charge in [0.15, 0.2) is 6.10 Å². The average molecular weight is 315 g/mol. The van der Waals surface area contributed by atoms with Gasteiger partial charge in [-0.1, -0.05) is 18.2 Å². The number of aryl methyl sites for hydroxylation is 1. The Morgan fingerprint density at radius 2 is 2.00 bits per heavy atom. The van der Waals surface area contributed by atoms with Crippen LogP contribution in [0.15, 0.2) is 36.4 Å². The summed E-state index contributed by atoms with van der Waals surface area (Å²) in [6, 6.07) is 11.4. The van der Waals surface area contributed by atoms with Crippen LogP contribution in [0.4, 0.5) is 5.69 Å². The van der Waals surface area contributed by atoms with Gasteiger partial charge in [-0.25, -0.2) is 4.79 Å². The van der Waals surface area contributed by atoms with Crippen LogP contribution in [0.3, 0.4) is 0 Å². The summed E-state index contributed by atoms with van der Waals surface area (Å²) in [5.74, 6) is -0.613. The molecule has 0 spiro atoms. The van der Waals surface area contributed by atoms with Crippen molar-refractivity contribution in [2.45, 2.75) is 26.4 Å². The SMILES string of the molecule is Cc1ccc(C(=O)OC(C)C(=O)N2CCc3ccccc32)s1. The van der Waals surface area contributed by atoms with Crippen LogP contribution < -0.4 is 4.90 Å². The van der Waals surface area contributed by atoms with E-state index in [4.69, 9.17) is 4.74 Å². The zero-order chi connectivity index (χ0) is 15.7. The van der Waals surface area contributed by atoms with E-state index in [1.165, 1.54) is 11.3 Å². The zero-order valence-corrected chi connectivity index (χ0v) is 13.4. The highest BCUT2D eigenvalue weighted by atomic mass is 32.1. The molecule has 0 N–H and O–H groups in total. The minimum atomic E-state index is -0.791. The number of anilines is 1. The third kappa shape index (κ3) is 2.76. The number of hydrogen-bond acceptors (Lipinski definition) is 4. The Bertz CT molecular complexity index is 722. The normalized spacial score (nSPS) is 14.5. The van der Waals surface area contributed by atoms with Crippen molar-refractivity contribution in [3.63, 3.8) is 0 Å². The molecule has 0 saturated carbocycles. The highest BCUT2D eigenvalue weighted by molar-refractivity contribution is 7.13. The summed E-state index contributed by atoms with van der Waals surface area (Å²) in [7, 11) is 0. The van der Waals surface area contributed by atoms with E-state index in [1.807, 2.05) is 37.3 Å². The highest BCUT2D eigenvalue weighted by Crippen LogP contribution is 2.28. The number of thiophene rings is 1. The Hall–Kier alpha value is -2.14. The van der Waals surface area contributed by atoms with Crippen LogP contribution in [-0.4, -0.2) is 24.5 Å². The summed E-state index contributed by atoms with van der Waals surface area (Å²) < 4.78 is 5.32. The van der Waals surface area contributed by atoms with E-state index in [0.717, 1.165) is 22.5 Å². The molecule has 1 atom stereocenters. The smallest absolute Gasteiger partial charge is 0.349 e. The van der Waals surface area contributed by atoms with E-state index in [1.54, 1.807) is 17.9 Å². The van der Waals surface area contributed by atoms with Crippen molar-refractivity contribution in [3.8, 4) is 0 Å². The molecule has 0 fully saturated rings. The molecule has 1 amide bonds. The van der Waals surface area contributed by atoms with Crippen molar-refractivity contribution in [3.05, 3.63) is 51.7 Å². The first-order valence-corrected chi connectivity index (χ1v) is 8.04. The average Bonchev–Trinajstić information content (AvgIpc) is 3.12. The largest absolute Gasteiger partial charge is 0.448 e.